The summed E-state index contributed by atoms with van der Waals surface area (Å²) >= 11 is 0. The van der Waals surface area contributed by atoms with E-state index in [0.29, 0.717) is 0 Å². The van der Waals surface area contributed by atoms with E-state index in [-0.39, 0.29) is 18.9 Å². The zero-order chi connectivity index (χ0) is 24.9. The van der Waals surface area contributed by atoms with Crippen LogP contribution in [0.4, 0.5) is 4.79 Å². The van der Waals surface area contributed by atoms with Crippen LogP contribution in [0.25, 0.3) is 11.1 Å². The molecule has 2 atom stereocenters. The lowest BCUT2D eigenvalue weighted by molar-refractivity contribution is -0.149. The molecule has 3 rings (SSSR count). The first-order chi connectivity index (χ1) is 16.2. The number of hydrogen-bond acceptors (Lipinski definition) is 5. The highest BCUT2D eigenvalue weighted by atomic mass is 16.5. The summed E-state index contributed by atoms with van der Waals surface area (Å²) in [6.07, 6.45) is 1.11. The van der Waals surface area contributed by atoms with Crippen LogP contribution >= 0.6 is 0 Å². The van der Waals surface area contributed by atoms with Gasteiger partial charge in [-0.05, 0) is 49.4 Å². The number of aliphatic hydroxyl groups excluding tert-OH is 1. The second kappa shape index (κ2) is 10.5. The maximum absolute atomic E-state index is 12.8. The van der Waals surface area contributed by atoms with Crippen molar-refractivity contribution in [3.05, 3.63) is 71.3 Å². The van der Waals surface area contributed by atoms with Gasteiger partial charge >= 0.3 is 12.1 Å². The second-order valence-corrected chi connectivity index (χ2v) is 8.82. The maximum Gasteiger partial charge on any atom is 0.407 e. The number of alkyl carbamates (subject to hydrolysis) is 1. The van der Waals surface area contributed by atoms with Crippen molar-refractivity contribution in [1.29, 1.82) is 0 Å². The van der Waals surface area contributed by atoms with Crippen molar-refractivity contribution < 1.29 is 29.3 Å². The number of ether oxygens (including phenoxy) is 1. The third-order valence-corrected chi connectivity index (χ3v) is 5.90. The Labute approximate surface area is 198 Å². The molecule has 2 unspecified atom stereocenters. The van der Waals surface area contributed by atoms with E-state index in [4.69, 9.17) is 4.74 Å². The molecule has 0 saturated heterocycles. The highest BCUT2D eigenvalue weighted by Gasteiger charge is 2.36. The number of carboxylic acids is 1. The Morgan fingerprint density at radius 3 is 2.12 bits per heavy atom. The first-order valence-electron chi connectivity index (χ1n) is 11.1. The van der Waals surface area contributed by atoms with Gasteiger partial charge in [-0.15, -0.1) is 0 Å². The van der Waals surface area contributed by atoms with Crippen LogP contribution in [-0.2, 0) is 14.3 Å². The van der Waals surface area contributed by atoms with Gasteiger partial charge in [0.15, 0.2) is 5.54 Å². The Morgan fingerprint density at radius 2 is 1.62 bits per heavy atom. The third kappa shape index (κ3) is 5.46. The first-order valence-corrected chi connectivity index (χ1v) is 11.1. The zero-order valence-electron chi connectivity index (χ0n) is 19.5. The molecule has 0 fully saturated rings. The van der Waals surface area contributed by atoms with Crippen LogP contribution in [0, 0.1) is 0 Å². The topological polar surface area (TPSA) is 125 Å². The van der Waals surface area contributed by atoms with Gasteiger partial charge in [0.05, 0.1) is 6.61 Å². The molecule has 0 aliphatic heterocycles. The molecule has 8 heteroatoms. The van der Waals surface area contributed by atoms with E-state index in [2.05, 4.69) is 10.6 Å². The lowest BCUT2D eigenvalue weighted by Crippen LogP contribution is -2.59. The predicted octanol–water partition coefficient (Wildman–Crippen LogP) is 3.20. The molecule has 0 aromatic heterocycles. The van der Waals surface area contributed by atoms with E-state index < -0.39 is 36.2 Å². The van der Waals surface area contributed by atoms with Gasteiger partial charge in [-0.1, -0.05) is 60.2 Å². The number of carboxylic acid groups (broad SMARTS) is 1. The van der Waals surface area contributed by atoms with Crippen molar-refractivity contribution in [1.82, 2.24) is 10.6 Å². The summed E-state index contributed by atoms with van der Waals surface area (Å²) in [7, 11) is 0. The molecule has 0 heterocycles. The second-order valence-electron chi connectivity index (χ2n) is 8.82. The monoisotopic (exact) mass is 466 g/mol. The highest BCUT2D eigenvalue weighted by Crippen LogP contribution is 2.44. The van der Waals surface area contributed by atoms with Gasteiger partial charge in [-0.2, -0.15) is 0 Å². The fourth-order valence-electron chi connectivity index (χ4n) is 3.89. The van der Waals surface area contributed by atoms with Crippen molar-refractivity contribution in [2.45, 2.75) is 44.7 Å². The summed E-state index contributed by atoms with van der Waals surface area (Å²) < 4.78 is 5.51. The van der Waals surface area contributed by atoms with Crippen molar-refractivity contribution >= 4 is 18.0 Å². The molecule has 0 spiro atoms. The predicted molar refractivity (Wildman–Crippen MR) is 127 cm³/mol. The number of carbonyl (C=O) groups excluding carboxylic acids is 2. The molecule has 4 N–H and O–H groups in total. The van der Waals surface area contributed by atoms with Crippen LogP contribution in [0.2, 0.25) is 0 Å². The number of allylic oxidation sites excluding steroid dienone is 1. The normalized spacial score (nSPS) is 14.7. The van der Waals surface area contributed by atoms with Crippen molar-refractivity contribution in [3.63, 3.8) is 0 Å². The van der Waals surface area contributed by atoms with Gasteiger partial charge in [-0.3, -0.25) is 4.79 Å². The summed E-state index contributed by atoms with van der Waals surface area (Å²) in [6, 6.07) is 14.8. The number of benzene rings is 2. The molecule has 1 aliphatic carbocycles. The summed E-state index contributed by atoms with van der Waals surface area (Å²) in [4.78, 5) is 36.9. The van der Waals surface area contributed by atoms with Gasteiger partial charge < -0.3 is 25.6 Å². The Kier molecular flexibility index (Phi) is 7.73. The van der Waals surface area contributed by atoms with Gasteiger partial charge in [0.2, 0.25) is 5.91 Å². The van der Waals surface area contributed by atoms with Gasteiger partial charge in [0.1, 0.15) is 12.6 Å². The molecule has 8 nitrogen and oxygen atoms in total. The fourth-order valence-corrected chi connectivity index (χ4v) is 3.89. The van der Waals surface area contributed by atoms with Crippen LogP contribution in [0.3, 0.4) is 0 Å². The largest absolute Gasteiger partial charge is 0.479 e. The standard InChI is InChI=1S/C26H30N2O6/c1-16(2)12-13-22(23(30)28-26(3,15-29)24(31)32)27-25(33)34-14-21-19-10-6-4-8-17(19)18-9-5-7-11-20(18)21/h4-12,21-22,29H,13-15H2,1-3H3,(H,27,33)(H,28,30)(H,31,32). The molecular weight excluding hydrogens is 436 g/mol. The van der Waals surface area contributed by atoms with Gasteiger partial charge in [-0.25, -0.2) is 9.59 Å². The Morgan fingerprint density at radius 1 is 1.06 bits per heavy atom. The number of hydrogen-bond donors (Lipinski definition) is 4. The highest BCUT2D eigenvalue weighted by molar-refractivity contribution is 5.91. The van der Waals surface area contributed by atoms with Gasteiger partial charge in [0.25, 0.3) is 0 Å². The molecule has 2 aromatic rings. The van der Waals surface area contributed by atoms with Crippen LogP contribution in [0.1, 0.15) is 44.2 Å². The van der Waals surface area contributed by atoms with Crippen molar-refractivity contribution in [2.75, 3.05) is 13.2 Å². The first kappa shape index (κ1) is 25.0. The average Bonchev–Trinajstić information content (AvgIpc) is 3.13. The van der Waals surface area contributed by atoms with Crippen molar-refractivity contribution in [3.8, 4) is 11.1 Å². The average molecular weight is 467 g/mol. The Balaban J connectivity index is 1.71. The lowest BCUT2D eigenvalue weighted by Gasteiger charge is -2.27. The maximum atomic E-state index is 12.8. The zero-order valence-corrected chi connectivity index (χ0v) is 19.5. The minimum Gasteiger partial charge on any atom is -0.479 e. The number of carbonyl (C=O) groups is 3. The van der Waals surface area contributed by atoms with Crippen LogP contribution in [0.5, 0.6) is 0 Å². The van der Waals surface area contributed by atoms with E-state index >= 15 is 0 Å². The van der Waals surface area contributed by atoms with E-state index in [1.165, 1.54) is 6.92 Å². The minimum atomic E-state index is -1.87. The number of aliphatic carboxylic acids is 1. The molecular formula is C26H30N2O6. The van der Waals surface area contributed by atoms with Crippen LogP contribution in [0.15, 0.2) is 60.2 Å². The molecule has 2 aromatic carbocycles. The van der Waals surface area contributed by atoms with Crippen LogP contribution < -0.4 is 10.6 Å². The number of nitrogens with one attached hydrogen (secondary N) is 2. The molecule has 0 bridgehead atoms. The molecule has 1 aliphatic rings. The van der Waals surface area contributed by atoms with Crippen LogP contribution in [-0.4, -0.2) is 53.0 Å². The van der Waals surface area contributed by atoms with Crippen molar-refractivity contribution in [2.24, 2.45) is 0 Å². The fraction of sp³-hybridized carbons (Fsp3) is 0.346. The molecule has 2 amide bonds. The summed E-state index contributed by atoms with van der Waals surface area (Å²) in [5.74, 6) is -2.25. The van der Waals surface area contributed by atoms with Gasteiger partial charge in [0, 0.05) is 5.92 Å². The Bertz CT molecular complexity index is 1060. The molecule has 34 heavy (non-hydrogen) atoms. The smallest absolute Gasteiger partial charge is 0.407 e. The quantitative estimate of drug-likeness (QED) is 0.421. The summed E-state index contributed by atoms with van der Waals surface area (Å²) in [6.45, 7) is 4.17. The van der Waals surface area contributed by atoms with E-state index in [1.54, 1.807) is 6.08 Å². The number of rotatable bonds is 9. The van der Waals surface area contributed by atoms with E-state index in [0.717, 1.165) is 27.8 Å². The number of amides is 2. The third-order valence-electron chi connectivity index (χ3n) is 5.90. The summed E-state index contributed by atoms with van der Waals surface area (Å²) in [5.41, 5.74) is 3.39. The molecule has 0 radical (unpaired) electrons. The number of aliphatic hydroxyl groups is 1. The minimum absolute atomic E-state index is 0.0837. The summed E-state index contributed by atoms with van der Waals surface area (Å²) in [5, 5.41) is 23.6. The number of fused-ring (bicyclic) bond motifs is 3. The van der Waals surface area contributed by atoms with E-state index in [1.807, 2.05) is 62.4 Å². The Hall–Kier alpha value is -3.65. The molecule has 180 valence electrons. The SMILES string of the molecule is CC(C)=CCC(NC(=O)OCC1c2ccccc2-c2ccccc21)C(=O)NC(C)(CO)C(=O)O. The van der Waals surface area contributed by atoms with E-state index in [9.17, 15) is 24.6 Å². The lowest BCUT2D eigenvalue weighted by atomic mass is 9.98. The molecule has 0 saturated carbocycles.